The normalized spacial score (nSPS) is 21.9. The van der Waals surface area contributed by atoms with Crippen molar-refractivity contribution in [3.63, 3.8) is 0 Å². The number of rotatable bonds is 3. The Labute approximate surface area is 91.7 Å². The lowest BCUT2D eigenvalue weighted by molar-refractivity contribution is 0.314. The highest BCUT2D eigenvalue weighted by atomic mass is 15.2. The van der Waals surface area contributed by atoms with Crippen LogP contribution in [0.25, 0.3) is 0 Å². The summed E-state index contributed by atoms with van der Waals surface area (Å²) in [7, 11) is 4.36. The van der Waals surface area contributed by atoms with Gasteiger partial charge in [-0.15, -0.1) is 0 Å². The largest absolute Gasteiger partial charge is 0.372 e. The van der Waals surface area contributed by atoms with Crippen LogP contribution in [-0.4, -0.2) is 43.1 Å². The van der Waals surface area contributed by atoms with E-state index >= 15 is 0 Å². The molecule has 0 amide bonds. The first-order chi connectivity index (χ1) is 7.27. The Kier molecular flexibility index (Phi) is 3.21. The highest BCUT2D eigenvalue weighted by molar-refractivity contribution is 5.42. The van der Waals surface area contributed by atoms with E-state index in [0.717, 1.165) is 6.54 Å². The lowest BCUT2D eigenvalue weighted by Gasteiger charge is -2.26. The summed E-state index contributed by atoms with van der Waals surface area (Å²) in [5, 5.41) is 0. The molecule has 1 atom stereocenters. The quantitative estimate of drug-likeness (QED) is 0.747. The number of aromatic nitrogens is 1. The number of pyridine rings is 1. The maximum absolute atomic E-state index is 4.14. The van der Waals surface area contributed by atoms with Gasteiger partial charge < -0.3 is 9.80 Å². The van der Waals surface area contributed by atoms with Crippen molar-refractivity contribution in [2.24, 2.45) is 0 Å². The van der Waals surface area contributed by atoms with E-state index in [1.54, 1.807) is 0 Å². The molecule has 0 spiro atoms. The highest BCUT2D eigenvalue weighted by Crippen LogP contribution is 2.18. The fraction of sp³-hybridized carbons (Fsp3) is 0.583. The summed E-state index contributed by atoms with van der Waals surface area (Å²) in [5.41, 5.74) is 1.21. The third kappa shape index (κ3) is 2.48. The van der Waals surface area contributed by atoms with Gasteiger partial charge in [-0.3, -0.25) is 4.98 Å². The van der Waals surface area contributed by atoms with E-state index in [0.29, 0.717) is 6.04 Å². The lowest BCUT2D eigenvalue weighted by atomic mass is 10.2. The fourth-order valence-corrected chi connectivity index (χ4v) is 2.21. The first-order valence-electron chi connectivity index (χ1n) is 5.59. The Morgan fingerprint density at radius 1 is 1.60 bits per heavy atom. The molecular weight excluding hydrogens is 186 g/mol. The van der Waals surface area contributed by atoms with Crippen LogP contribution in [0.2, 0.25) is 0 Å². The van der Waals surface area contributed by atoms with Crippen molar-refractivity contribution in [1.82, 2.24) is 9.88 Å². The van der Waals surface area contributed by atoms with Crippen LogP contribution in [0, 0.1) is 0 Å². The molecule has 1 aliphatic heterocycles. The molecule has 0 aliphatic carbocycles. The van der Waals surface area contributed by atoms with E-state index in [-0.39, 0.29) is 0 Å². The average Bonchev–Trinajstić information content (AvgIpc) is 2.66. The van der Waals surface area contributed by atoms with Gasteiger partial charge in [0.05, 0.1) is 11.9 Å². The Bertz CT molecular complexity index is 299. The molecule has 1 fully saturated rings. The van der Waals surface area contributed by atoms with Crippen molar-refractivity contribution in [3.8, 4) is 0 Å². The standard InChI is InChI=1S/C12H19N3/c1-14-8-4-6-12(14)10-15(2)11-5-3-7-13-9-11/h3,5,7,9,12H,4,6,8,10H2,1-2H3. The topological polar surface area (TPSA) is 19.4 Å². The number of hydrogen-bond donors (Lipinski definition) is 0. The molecule has 0 saturated carbocycles. The zero-order valence-corrected chi connectivity index (χ0v) is 9.56. The summed E-state index contributed by atoms with van der Waals surface area (Å²) in [6.07, 6.45) is 6.40. The maximum atomic E-state index is 4.14. The molecule has 1 unspecified atom stereocenters. The van der Waals surface area contributed by atoms with E-state index in [1.165, 1.54) is 25.1 Å². The van der Waals surface area contributed by atoms with E-state index in [9.17, 15) is 0 Å². The SMILES string of the molecule is CN(CC1CCCN1C)c1cccnc1. The molecule has 1 aliphatic rings. The van der Waals surface area contributed by atoms with Gasteiger partial charge in [-0.05, 0) is 38.6 Å². The van der Waals surface area contributed by atoms with Gasteiger partial charge in [0, 0.05) is 25.8 Å². The summed E-state index contributed by atoms with van der Waals surface area (Å²) in [5.74, 6) is 0. The molecule has 82 valence electrons. The predicted molar refractivity (Wildman–Crippen MR) is 63.2 cm³/mol. The van der Waals surface area contributed by atoms with Gasteiger partial charge >= 0.3 is 0 Å². The average molecular weight is 205 g/mol. The number of hydrogen-bond acceptors (Lipinski definition) is 3. The van der Waals surface area contributed by atoms with Crippen molar-refractivity contribution in [1.29, 1.82) is 0 Å². The molecule has 0 bridgehead atoms. The number of likely N-dealkylation sites (tertiary alicyclic amines) is 1. The van der Waals surface area contributed by atoms with Crippen molar-refractivity contribution < 1.29 is 0 Å². The zero-order chi connectivity index (χ0) is 10.7. The molecular formula is C12H19N3. The van der Waals surface area contributed by atoms with Crippen LogP contribution in [0.4, 0.5) is 5.69 Å². The maximum Gasteiger partial charge on any atom is 0.0550 e. The molecule has 3 heteroatoms. The van der Waals surface area contributed by atoms with Crippen molar-refractivity contribution in [2.45, 2.75) is 18.9 Å². The number of likely N-dealkylation sites (N-methyl/N-ethyl adjacent to an activating group) is 2. The third-order valence-electron chi connectivity index (χ3n) is 3.24. The minimum absolute atomic E-state index is 0.704. The second-order valence-electron chi connectivity index (χ2n) is 4.37. The van der Waals surface area contributed by atoms with E-state index in [4.69, 9.17) is 0 Å². The van der Waals surface area contributed by atoms with Gasteiger partial charge in [0.25, 0.3) is 0 Å². The smallest absolute Gasteiger partial charge is 0.0550 e. The number of anilines is 1. The van der Waals surface area contributed by atoms with Crippen LogP contribution in [-0.2, 0) is 0 Å². The van der Waals surface area contributed by atoms with Crippen LogP contribution in [0.1, 0.15) is 12.8 Å². The number of nitrogens with zero attached hydrogens (tertiary/aromatic N) is 3. The molecule has 0 radical (unpaired) electrons. The molecule has 1 saturated heterocycles. The molecule has 1 aromatic rings. The van der Waals surface area contributed by atoms with Gasteiger partial charge in [0.2, 0.25) is 0 Å². The first-order valence-corrected chi connectivity index (χ1v) is 5.59. The summed E-state index contributed by atoms with van der Waals surface area (Å²) < 4.78 is 0. The second kappa shape index (κ2) is 4.62. The summed E-state index contributed by atoms with van der Waals surface area (Å²) in [4.78, 5) is 8.89. The van der Waals surface area contributed by atoms with E-state index < -0.39 is 0 Å². The van der Waals surface area contributed by atoms with Gasteiger partial charge in [-0.1, -0.05) is 0 Å². The minimum atomic E-state index is 0.704. The minimum Gasteiger partial charge on any atom is -0.372 e. The van der Waals surface area contributed by atoms with Gasteiger partial charge in [0.15, 0.2) is 0 Å². The predicted octanol–water partition coefficient (Wildman–Crippen LogP) is 1.61. The fourth-order valence-electron chi connectivity index (χ4n) is 2.21. The molecule has 1 aromatic heterocycles. The Hall–Kier alpha value is -1.09. The lowest BCUT2D eigenvalue weighted by Crippen LogP contribution is -2.36. The van der Waals surface area contributed by atoms with Crippen molar-refractivity contribution in [3.05, 3.63) is 24.5 Å². The van der Waals surface area contributed by atoms with Gasteiger partial charge in [-0.2, -0.15) is 0 Å². The molecule has 3 nitrogen and oxygen atoms in total. The third-order valence-corrected chi connectivity index (χ3v) is 3.24. The Morgan fingerprint density at radius 2 is 2.47 bits per heavy atom. The Morgan fingerprint density at radius 3 is 3.07 bits per heavy atom. The second-order valence-corrected chi connectivity index (χ2v) is 4.37. The molecule has 15 heavy (non-hydrogen) atoms. The molecule has 0 aromatic carbocycles. The van der Waals surface area contributed by atoms with Crippen LogP contribution in [0.3, 0.4) is 0 Å². The van der Waals surface area contributed by atoms with E-state index in [1.807, 2.05) is 18.5 Å². The summed E-state index contributed by atoms with van der Waals surface area (Å²) in [6, 6.07) is 4.81. The monoisotopic (exact) mass is 205 g/mol. The van der Waals surface area contributed by atoms with Crippen LogP contribution in [0.5, 0.6) is 0 Å². The van der Waals surface area contributed by atoms with Gasteiger partial charge in [0.1, 0.15) is 0 Å². The van der Waals surface area contributed by atoms with Crippen LogP contribution < -0.4 is 4.90 Å². The summed E-state index contributed by atoms with van der Waals surface area (Å²) in [6.45, 7) is 2.34. The molecule has 0 N–H and O–H groups in total. The highest BCUT2D eigenvalue weighted by Gasteiger charge is 2.21. The Balaban J connectivity index is 1.95. The van der Waals surface area contributed by atoms with Gasteiger partial charge in [-0.25, -0.2) is 0 Å². The molecule has 2 rings (SSSR count). The van der Waals surface area contributed by atoms with Crippen molar-refractivity contribution >= 4 is 5.69 Å². The van der Waals surface area contributed by atoms with Crippen molar-refractivity contribution in [2.75, 3.05) is 32.1 Å². The summed E-state index contributed by atoms with van der Waals surface area (Å²) >= 11 is 0. The van der Waals surface area contributed by atoms with Crippen LogP contribution in [0.15, 0.2) is 24.5 Å². The van der Waals surface area contributed by atoms with Crippen LogP contribution >= 0.6 is 0 Å². The zero-order valence-electron chi connectivity index (χ0n) is 9.56. The van der Waals surface area contributed by atoms with E-state index in [2.05, 4.69) is 34.9 Å². The molecule has 2 heterocycles. The first kappa shape index (κ1) is 10.4.